The van der Waals surface area contributed by atoms with E-state index in [0.29, 0.717) is 6.04 Å². The van der Waals surface area contributed by atoms with Crippen molar-refractivity contribution in [2.75, 3.05) is 19.6 Å². The summed E-state index contributed by atoms with van der Waals surface area (Å²) in [5, 5.41) is 8.90. The standard InChI is InChI=1S/C15H27ClN4/c1-11-14(16)12(19(5)18-11)9-20-8-6-7-17-13(10-20)15(2,3)4/h13,17H,6-10H2,1-5H3. The summed E-state index contributed by atoms with van der Waals surface area (Å²) in [6, 6.07) is 0.512. The third kappa shape index (κ3) is 3.54. The van der Waals surface area contributed by atoms with E-state index >= 15 is 0 Å². The molecule has 0 radical (unpaired) electrons. The highest BCUT2D eigenvalue weighted by atomic mass is 35.5. The van der Waals surface area contributed by atoms with Crippen LogP contribution in [-0.4, -0.2) is 40.4 Å². The van der Waals surface area contributed by atoms with Crippen molar-refractivity contribution in [2.45, 2.75) is 46.7 Å². The van der Waals surface area contributed by atoms with Gasteiger partial charge in [-0.2, -0.15) is 5.10 Å². The van der Waals surface area contributed by atoms with Crippen molar-refractivity contribution in [2.24, 2.45) is 12.5 Å². The molecule has 1 aromatic heterocycles. The van der Waals surface area contributed by atoms with E-state index < -0.39 is 0 Å². The third-order valence-electron chi connectivity index (χ3n) is 4.16. The molecule has 0 amide bonds. The first-order valence-corrected chi connectivity index (χ1v) is 7.80. The predicted molar refractivity (Wildman–Crippen MR) is 84.1 cm³/mol. The molecule has 0 aliphatic carbocycles. The summed E-state index contributed by atoms with van der Waals surface area (Å²) in [6.07, 6.45) is 1.18. The van der Waals surface area contributed by atoms with Gasteiger partial charge in [0.1, 0.15) is 0 Å². The fraction of sp³-hybridized carbons (Fsp3) is 0.800. The van der Waals surface area contributed by atoms with Gasteiger partial charge in [0, 0.05) is 26.2 Å². The number of nitrogens with one attached hydrogen (secondary N) is 1. The van der Waals surface area contributed by atoms with Crippen LogP contribution < -0.4 is 5.32 Å². The molecule has 4 nitrogen and oxygen atoms in total. The van der Waals surface area contributed by atoms with Gasteiger partial charge in [-0.05, 0) is 31.8 Å². The SMILES string of the molecule is Cc1nn(C)c(CN2CCCNC(C(C)(C)C)C2)c1Cl. The summed E-state index contributed by atoms with van der Waals surface area (Å²) >= 11 is 6.37. The first-order valence-electron chi connectivity index (χ1n) is 7.42. The lowest BCUT2D eigenvalue weighted by molar-refractivity contribution is 0.189. The lowest BCUT2D eigenvalue weighted by Crippen LogP contribution is -2.46. The Labute approximate surface area is 127 Å². The molecule has 1 atom stereocenters. The maximum absolute atomic E-state index is 6.37. The van der Waals surface area contributed by atoms with Gasteiger partial charge in [0.15, 0.2) is 0 Å². The van der Waals surface area contributed by atoms with E-state index in [0.717, 1.165) is 42.6 Å². The molecule has 0 saturated carbocycles. The molecule has 1 fully saturated rings. The minimum Gasteiger partial charge on any atom is -0.312 e. The Balaban J connectivity index is 2.11. The monoisotopic (exact) mass is 298 g/mol. The Morgan fingerprint density at radius 3 is 2.65 bits per heavy atom. The first kappa shape index (κ1) is 15.8. The Bertz CT molecular complexity index is 461. The van der Waals surface area contributed by atoms with Crippen LogP contribution in [0, 0.1) is 12.3 Å². The molecular weight excluding hydrogens is 272 g/mol. The number of hydrogen-bond acceptors (Lipinski definition) is 3. The molecule has 1 aliphatic rings. The van der Waals surface area contributed by atoms with Crippen molar-refractivity contribution in [1.82, 2.24) is 20.0 Å². The van der Waals surface area contributed by atoms with Gasteiger partial charge in [0.05, 0.1) is 16.4 Å². The molecule has 114 valence electrons. The largest absolute Gasteiger partial charge is 0.312 e. The van der Waals surface area contributed by atoms with Gasteiger partial charge in [-0.1, -0.05) is 32.4 Å². The van der Waals surface area contributed by atoms with Crippen LogP contribution in [0.3, 0.4) is 0 Å². The molecule has 1 saturated heterocycles. The van der Waals surface area contributed by atoms with E-state index in [1.165, 1.54) is 6.42 Å². The zero-order chi connectivity index (χ0) is 14.9. The Morgan fingerprint density at radius 1 is 1.40 bits per heavy atom. The van der Waals surface area contributed by atoms with Gasteiger partial charge in [-0.15, -0.1) is 0 Å². The van der Waals surface area contributed by atoms with Crippen molar-refractivity contribution >= 4 is 11.6 Å². The highest BCUT2D eigenvalue weighted by Gasteiger charge is 2.28. The quantitative estimate of drug-likeness (QED) is 0.911. The van der Waals surface area contributed by atoms with Gasteiger partial charge < -0.3 is 5.32 Å². The third-order valence-corrected chi connectivity index (χ3v) is 4.65. The van der Waals surface area contributed by atoms with E-state index in [9.17, 15) is 0 Å². The van der Waals surface area contributed by atoms with Crippen LogP contribution in [0.2, 0.25) is 5.02 Å². The van der Waals surface area contributed by atoms with Crippen LogP contribution in [0.1, 0.15) is 38.6 Å². The number of nitrogens with zero attached hydrogens (tertiary/aromatic N) is 3. The average Bonchev–Trinajstić information content (AvgIpc) is 2.58. The fourth-order valence-corrected chi connectivity index (χ4v) is 3.00. The Kier molecular flexibility index (Phi) is 4.77. The van der Waals surface area contributed by atoms with Gasteiger partial charge in [-0.3, -0.25) is 9.58 Å². The summed E-state index contributed by atoms with van der Waals surface area (Å²) in [5.41, 5.74) is 2.32. The molecular formula is C15H27ClN4. The van der Waals surface area contributed by atoms with Gasteiger partial charge in [0.2, 0.25) is 0 Å². The van der Waals surface area contributed by atoms with E-state index in [1.807, 2.05) is 18.7 Å². The zero-order valence-corrected chi connectivity index (χ0v) is 14.1. The molecule has 1 aliphatic heterocycles. The molecule has 0 spiro atoms. The van der Waals surface area contributed by atoms with Crippen LogP contribution >= 0.6 is 11.6 Å². The molecule has 1 N–H and O–H groups in total. The van der Waals surface area contributed by atoms with Crippen molar-refractivity contribution in [3.05, 3.63) is 16.4 Å². The fourth-order valence-electron chi connectivity index (χ4n) is 2.78. The van der Waals surface area contributed by atoms with E-state index in [2.05, 4.69) is 36.1 Å². The van der Waals surface area contributed by atoms with Gasteiger partial charge in [0.25, 0.3) is 0 Å². The molecule has 2 heterocycles. The molecule has 1 aromatic rings. The number of aryl methyl sites for hydroxylation is 2. The number of aromatic nitrogens is 2. The zero-order valence-electron chi connectivity index (χ0n) is 13.3. The highest BCUT2D eigenvalue weighted by molar-refractivity contribution is 6.31. The first-order chi connectivity index (χ1) is 9.29. The van der Waals surface area contributed by atoms with Crippen LogP contribution in [0.4, 0.5) is 0 Å². The van der Waals surface area contributed by atoms with Crippen molar-refractivity contribution in [1.29, 1.82) is 0 Å². The summed E-state index contributed by atoms with van der Waals surface area (Å²) in [4.78, 5) is 2.50. The molecule has 2 rings (SSSR count). The molecule has 0 bridgehead atoms. The van der Waals surface area contributed by atoms with Crippen LogP contribution in [0.15, 0.2) is 0 Å². The maximum Gasteiger partial charge on any atom is 0.0860 e. The number of halogens is 1. The summed E-state index contributed by atoms with van der Waals surface area (Å²) < 4.78 is 1.92. The molecule has 20 heavy (non-hydrogen) atoms. The lowest BCUT2D eigenvalue weighted by Gasteiger charge is -2.33. The number of hydrogen-bond donors (Lipinski definition) is 1. The Morgan fingerprint density at radius 2 is 2.10 bits per heavy atom. The lowest BCUT2D eigenvalue weighted by atomic mass is 9.86. The maximum atomic E-state index is 6.37. The summed E-state index contributed by atoms with van der Waals surface area (Å²) in [7, 11) is 1.98. The van der Waals surface area contributed by atoms with Crippen LogP contribution in [0.5, 0.6) is 0 Å². The van der Waals surface area contributed by atoms with Crippen molar-refractivity contribution in [3.8, 4) is 0 Å². The van der Waals surface area contributed by atoms with Gasteiger partial charge in [-0.25, -0.2) is 0 Å². The van der Waals surface area contributed by atoms with E-state index in [-0.39, 0.29) is 5.41 Å². The Hall–Kier alpha value is -0.580. The molecule has 0 aromatic carbocycles. The predicted octanol–water partition coefficient (Wildman–Crippen LogP) is 2.59. The van der Waals surface area contributed by atoms with Gasteiger partial charge >= 0.3 is 0 Å². The second kappa shape index (κ2) is 6.04. The second-order valence-electron chi connectivity index (χ2n) is 6.93. The highest BCUT2D eigenvalue weighted by Crippen LogP contribution is 2.25. The summed E-state index contributed by atoms with van der Waals surface area (Å²) in [5.74, 6) is 0. The van der Waals surface area contributed by atoms with Crippen molar-refractivity contribution in [3.63, 3.8) is 0 Å². The average molecular weight is 299 g/mol. The van der Waals surface area contributed by atoms with Crippen LogP contribution in [-0.2, 0) is 13.6 Å². The van der Waals surface area contributed by atoms with Crippen molar-refractivity contribution < 1.29 is 0 Å². The minimum atomic E-state index is 0.273. The molecule has 5 heteroatoms. The second-order valence-corrected chi connectivity index (χ2v) is 7.31. The topological polar surface area (TPSA) is 33.1 Å². The van der Waals surface area contributed by atoms with Crippen LogP contribution in [0.25, 0.3) is 0 Å². The number of rotatable bonds is 2. The van der Waals surface area contributed by atoms with E-state index in [1.54, 1.807) is 0 Å². The summed E-state index contributed by atoms with van der Waals surface area (Å²) in [6.45, 7) is 13.0. The normalized spacial score (nSPS) is 22.0. The molecule has 1 unspecified atom stereocenters. The minimum absolute atomic E-state index is 0.273. The smallest absolute Gasteiger partial charge is 0.0860 e. The van der Waals surface area contributed by atoms with E-state index in [4.69, 9.17) is 11.6 Å².